The van der Waals surface area contributed by atoms with Crippen molar-refractivity contribution in [1.82, 2.24) is 4.98 Å². The standard InChI is InChI=1S/C39H22N2O3/c1-3-8-32-27(6-1)30-21-25(14-17-34(30)42-32)41(26-15-18-35-31(22-26)28-7-2-4-9-33(28)43-35)24-13-11-23-12-16-36-38(29(23)20-24)39-37(44-36)10-5-19-40-39/h1-22H. The Hall–Kier alpha value is -6.07. The number of hydrogen-bond acceptors (Lipinski definition) is 5. The zero-order valence-corrected chi connectivity index (χ0v) is 23.3. The van der Waals surface area contributed by atoms with Crippen LogP contribution in [0.3, 0.4) is 0 Å². The molecule has 5 nitrogen and oxygen atoms in total. The van der Waals surface area contributed by atoms with Crippen LogP contribution in [0.1, 0.15) is 0 Å². The molecule has 4 aromatic heterocycles. The highest BCUT2D eigenvalue weighted by Crippen LogP contribution is 2.43. The number of rotatable bonds is 3. The van der Waals surface area contributed by atoms with E-state index in [1.54, 1.807) is 0 Å². The summed E-state index contributed by atoms with van der Waals surface area (Å²) in [5.41, 5.74) is 9.04. The van der Waals surface area contributed by atoms with Gasteiger partial charge in [-0.1, -0.05) is 48.5 Å². The first kappa shape index (κ1) is 23.5. The van der Waals surface area contributed by atoms with Gasteiger partial charge in [-0.3, -0.25) is 4.98 Å². The van der Waals surface area contributed by atoms with Crippen LogP contribution in [0.15, 0.2) is 147 Å². The fraction of sp³-hybridized carbons (Fsp3) is 0. The second-order valence-electron chi connectivity index (χ2n) is 11.2. The zero-order valence-electron chi connectivity index (χ0n) is 23.3. The first-order valence-electron chi connectivity index (χ1n) is 14.6. The molecule has 0 saturated carbocycles. The predicted molar refractivity (Wildman–Crippen MR) is 178 cm³/mol. The van der Waals surface area contributed by atoms with E-state index in [0.717, 1.165) is 93.8 Å². The molecule has 0 aliphatic heterocycles. The minimum Gasteiger partial charge on any atom is -0.456 e. The van der Waals surface area contributed by atoms with Gasteiger partial charge in [0.15, 0.2) is 5.58 Å². The third-order valence-corrected chi connectivity index (χ3v) is 8.69. The molecule has 0 spiro atoms. The van der Waals surface area contributed by atoms with E-state index in [4.69, 9.17) is 18.2 Å². The van der Waals surface area contributed by atoms with E-state index in [1.807, 2.05) is 48.7 Å². The first-order valence-corrected chi connectivity index (χ1v) is 14.6. The van der Waals surface area contributed by atoms with Crippen molar-refractivity contribution in [1.29, 1.82) is 0 Å². The largest absolute Gasteiger partial charge is 0.456 e. The van der Waals surface area contributed by atoms with Crippen LogP contribution < -0.4 is 4.90 Å². The van der Waals surface area contributed by atoms with Crippen LogP contribution in [0.5, 0.6) is 0 Å². The lowest BCUT2D eigenvalue weighted by molar-refractivity contribution is 0.668. The van der Waals surface area contributed by atoms with Gasteiger partial charge in [0.2, 0.25) is 0 Å². The van der Waals surface area contributed by atoms with E-state index in [1.165, 1.54) is 0 Å². The molecule has 10 rings (SSSR count). The van der Waals surface area contributed by atoms with Crippen LogP contribution >= 0.6 is 0 Å². The Morgan fingerprint density at radius 1 is 0.409 bits per heavy atom. The van der Waals surface area contributed by atoms with Crippen LogP contribution in [-0.2, 0) is 0 Å². The zero-order chi connectivity index (χ0) is 28.8. The Morgan fingerprint density at radius 3 is 1.59 bits per heavy atom. The summed E-state index contributed by atoms with van der Waals surface area (Å²) in [6, 6.07) is 43.8. The number of aromatic nitrogens is 1. The van der Waals surface area contributed by atoms with Crippen LogP contribution in [0.4, 0.5) is 17.1 Å². The Bertz CT molecular complexity index is 2630. The predicted octanol–water partition coefficient (Wildman–Crippen LogP) is 11.4. The van der Waals surface area contributed by atoms with Crippen LogP contribution in [-0.4, -0.2) is 4.98 Å². The van der Waals surface area contributed by atoms with Crippen LogP contribution in [0.25, 0.3) is 76.7 Å². The van der Waals surface area contributed by atoms with E-state index in [-0.39, 0.29) is 0 Å². The van der Waals surface area contributed by atoms with E-state index in [9.17, 15) is 0 Å². The molecule has 0 N–H and O–H groups in total. The maximum absolute atomic E-state index is 6.19. The highest BCUT2D eigenvalue weighted by Gasteiger charge is 2.19. The number of nitrogens with zero attached hydrogens (tertiary/aromatic N) is 2. The third kappa shape index (κ3) is 3.32. The molecule has 10 aromatic rings. The maximum Gasteiger partial charge on any atom is 0.153 e. The number of fused-ring (bicyclic) bond motifs is 11. The van der Waals surface area contributed by atoms with E-state index in [0.29, 0.717) is 0 Å². The van der Waals surface area contributed by atoms with Gasteiger partial charge in [-0.2, -0.15) is 0 Å². The van der Waals surface area contributed by atoms with Crippen molar-refractivity contribution in [3.63, 3.8) is 0 Å². The summed E-state index contributed by atoms with van der Waals surface area (Å²) in [5, 5.41) is 7.58. The van der Waals surface area contributed by atoms with Crippen molar-refractivity contribution in [2.75, 3.05) is 4.90 Å². The maximum atomic E-state index is 6.19. The van der Waals surface area contributed by atoms with Gasteiger partial charge in [0.1, 0.15) is 33.4 Å². The van der Waals surface area contributed by atoms with Gasteiger partial charge in [-0.15, -0.1) is 0 Å². The van der Waals surface area contributed by atoms with Gasteiger partial charge in [0, 0.05) is 44.8 Å². The van der Waals surface area contributed by atoms with Crippen molar-refractivity contribution < 1.29 is 13.3 Å². The highest BCUT2D eigenvalue weighted by molar-refractivity contribution is 6.18. The fourth-order valence-corrected chi connectivity index (χ4v) is 6.69. The molecule has 6 aromatic carbocycles. The normalized spacial score (nSPS) is 12.1. The average molecular weight is 567 g/mol. The summed E-state index contributed by atoms with van der Waals surface area (Å²) in [7, 11) is 0. The Balaban J connectivity index is 1.27. The van der Waals surface area contributed by atoms with Crippen molar-refractivity contribution in [2.24, 2.45) is 0 Å². The van der Waals surface area contributed by atoms with Gasteiger partial charge in [-0.25, -0.2) is 0 Å². The molecule has 0 bridgehead atoms. The van der Waals surface area contributed by atoms with Crippen LogP contribution in [0, 0.1) is 0 Å². The van der Waals surface area contributed by atoms with Gasteiger partial charge in [-0.05, 0) is 89.6 Å². The number of para-hydroxylation sites is 2. The van der Waals surface area contributed by atoms with E-state index < -0.39 is 0 Å². The number of hydrogen-bond donors (Lipinski definition) is 0. The molecule has 0 saturated heterocycles. The topological polar surface area (TPSA) is 55.6 Å². The van der Waals surface area contributed by atoms with Crippen molar-refractivity contribution in [3.05, 3.63) is 134 Å². The third-order valence-electron chi connectivity index (χ3n) is 8.69. The lowest BCUT2D eigenvalue weighted by Crippen LogP contribution is -2.09. The summed E-state index contributed by atoms with van der Waals surface area (Å²) in [4.78, 5) is 7.00. The average Bonchev–Trinajstić information content (AvgIpc) is 3.76. The number of benzene rings is 6. The molecular weight excluding hydrogens is 544 g/mol. The second kappa shape index (κ2) is 8.72. The molecule has 0 amide bonds. The molecule has 0 fully saturated rings. The molecule has 0 aliphatic rings. The Labute approximate surface area is 250 Å². The van der Waals surface area contributed by atoms with Gasteiger partial charge in [0.05, 0.1) is 5.39 Å². The minimum atomic E-state index is 0.784. The number of anilines is 3. The second-order valence-corrected chi connectivity index (χ2v) is 11.2. The van der Waals surface area contributed by atoms with Gasteiger partial charge < -0.3 is 18.2 Å². The molecule has 206 valence electrons. The minimum absolute atomic E-state index is 0.784. The molecule has 5 heteroatoms. The van der Waals surface area contributed by atoms with Crippen LogP contribution in [0.2, 0.25) is 0 Å². The highest BCUT2D eigenvalue weighted by atomic mass is 16.3. The summed E-state index contributed by atoms with van der Waals surface area (Å²) in [6.07, 6.45) is 1.82. The smallest absolute Gasteiger partial charge is 0.153 e. The first-order chi connectivity index (χ1) is 21.8. The molecule has 0 unspecified atom stereocenters. The summed E-state index contributed by atoms with van der Waals surface area (Å²) in [6.45, 7) is 0. The summed E-state index contributed by atoms with van der Waals surface area (Å²) >= 11 is 0. The van der Waals surface area contributed by atoms with Crippen molar-refractivity contribution in [3.8, 4) is 0 Å². The Morgan fingerprint density at radius 2 is 0.909 bits per heavy atom. The quantitative estimate of drug-likeness (QED) is 0.213. The molecule has 4 heterocycles. The summed E-state index contributed by atoms with van der Waals surface area (Å²) < 4.78 is 18.6. The lowest BCUT2D eigenvalue weighted by atomic mass is 10.0. The van der Waals surface area contributed by atoms with Gasteiger partial charge in [0.25, 0.3) is 0 Å². The lowest BCUT2D eigenvalue weighted by Gasteiger charge is -2.26. The molecule has 44 heavy (non-hydrogen) atoms. The van der Waals surface area contributed by atoms with Gasteiger partial charge >= 0.3 is 0 Å². The number of furan rings is 3. The fourth-order valence-electron chi connectivity index (χ4n) is 6.69. The molecule has 0 radical (unpaired) electrons. The summed E-state index contributed by atoms with van der Waals surface area (Å²) in [5.74, 6) is 0. The molecule has 0 aliphatic carbocycles. The van der Waals surface area contributed by atoms with E-state index >= 15 is 0 Å². The Kier molecular flexibility index (Phi) is 4.66. The van der Waals surface area contributed by atoms with E-state index in [2.05, 4.69) is 89.8 Å². The molecule has 0 atom stereocenters. The number of pyridine rings is 1. The monoisotopic (exact) mass is 566 g/mol. The SMILES string of the molecule is c1ccc2c(c1)oc1ccc(N(c3ccc4oc5ccccc5c4c3)c3ccc4ccc5oc6cccnc6c5c4c3)cc12. The molecular formula is C39H22N2O3. The van der Waals surface area contributed by atoms with Crippen molar-refractivity contribution >= 4 is 93.8 Å². The van der Waals surface area contributed by atoms with Crippen molar-refractivity contribution in [2.45, 2.75) is 0 Å².